The molecule has 0 saturated carbocycles. The zero-order valence-electron chi connectivity index (χ0n) is 22.4. The topological polar surface area (TPSA) is 120 Å². The molecule has 9 nitrogen and oxygen atoms in total. The van der Waals surface area contributed by atoms with Gasteiger partial charge in [0.05, 0.1) is 33.5 Å². The van der Waals surface area contributed by atoms with Crippen LogP contribution in [0.2, 0.25) is 0 Å². The van der Waals surface area contributed by atoms with Gasteiger partial charge < -0.3 is 15.3 Å². The van der Waals surface area contributed by atoms with Crippen molar-refractivity contribution in [1.82, 2.24) is 24.6 Å². The molecule has 9 heteroatoms. The van der Waals surface area contributed by atoms with Crippen molar-refractivity contribution in [2.45, 2.75) is 38.6 Å². The standard InChI is InChI=1S/C31H29N7O2/c1-19(2)29-28-25(22-15-20-5-3-4-6-26(20)34-18-22)9-12-33-30(28)38(36-29)24-8-7-21(17-32)27(16-24)35-23-10-13-37(14-11-23)31(39)40/h3-9,12,15-16,18-19,23,35H,10-11,13-14H2,1-2H3,(H,39,40). The second-order valence-electron chi connectivity index (χ2n) is 10.5. The number of aromatic nitrogens is 4. The van der Waals surface area contributed by atoms with E-state index < -0.39 is 6.09 Å². The van der Waals surface area contributed by atoms with E-state index in [0.29, 0.717) is 37.2 Å². The molecule has 1 fully saturated rings. The summed E-state index contributed by atoms with van der Waals surface area (Å²) in [5.74, 6) is 0.149. The highest BCUT2D eigenvalue weighted by molar-refractivity contribution is 5.97. The second-order valence-corrected chi connectivity index (χ2v) is 10.5. The van der Waals surface area contributed by atoms with E-state index in [0.717, 1.165) is 44.4 Å². The predicted molar refractivity (Wildman–Crippen MR) is 155 cm³/mol. The molecule has 0 atom stereocenters. The van der Waals surface area contributed by atoms with Crippen molar-refractivity contribution in [3.8, 4) is 22.9 Å². The van der Waals surface area contributed by atoms with E-state index in [1.165, 1.54) is 4.90 Å². The molecule has 1 aliphatic rings. The average Bonchev–Trinajstić information content (AvgIpc) is 3.37. The smallest absolute Gasteiger partial charge is 0.407 e. The molecule has 6 rings (SSSR count). The van der Waals surface area contributed by atoms with Gasteiger partial charge in [-0.1, -0.05) is 32.0 Å². The average molecular weight is 532 g/mol. The number of para-hydroxylation sites is 1. The van der Waals surface area contributed by atoms with Gasteiger partial charge in [-0.3, -0.25) is 4.98 Å². The highest BCUT2D eigenvalue weighted by atomic mass is 16.4. The highest BCUT2D eigenvalue weighted by Gasteiger charge is 2.24. The van der Waals surface area contributed by atoms with Gasteiger partial charge in [-0.2, -0.15) is 10.4 Å². The third kappa shape index (κ3) is 4.58. The molecule has 0 spiro atoms. The molecular weight excluding hydrogens is 502 g/mol. The molecule has 40 heavy (non-hydrogen) atoms. The Morgan fingerprint density at radius 2 is 1.90 bits per heavy atom. The van der Waals surface area contributed by atoms with Crippen LogP contribution in [0.4, 0.5) is 10.5 Å². The van der Waals surface area contributed by atoms with E-state index in [-0.39, 0.29) is 12.0 Å². The van der Waals surface area contributed by atoms with Crippen LogP contribution in [0.5, 0.6) is 0 Å². The van der Waals surface area contributed by atoms with Crippen molar-refractivity contribution in [1.29, 1.82) is 5.26 Å². The highest BCUT2D eigenvalue weighted by Crippen LogP contribution is 2.35. The van der Waals surface area contributed by atoms with Crippen LogP contribution in [0.25, 0.3) is 38.8 Å². The monoisotopic (exact) mass is 531 g/mol. The molecule has 4 heterocycles. The van der Waals surface area contributed by atoms with E-state index in [9.17, 15) is 15.2 Å². The number of likely N-dealkylation sites (tertiary alicyclic amines) is 1. The summed E-state index contributed by atoms with van der Waals surface area (Å²) in [6.45, 7) is 5.17. The Kier molecular flexibility index (Phi) is 6.52. The third-order valence-electron chi connectivity index (χ3n) is 7.54. The van der Waals surface area contributed by atoms with Crippen molar-refractivity contribution in [3.05, 3.63) is 78.2 Å². The van der Waals surface area contributed by atoms with Gasteiger partial charge in [0.2, 0.25) is 0 Å². The van der Waals surface area contributed by atoms with Crippen molar-refractivity contribution in [2.24, 2.45) is 0 Å². The zero-order valence-corrected chi connectivity index (χ0v) is 22.4. The quantitative estimate of drug-likeness (QED) is 0.278. The van der Waals surface area contributed by atoms with E-state index in [1.54, 1.807) is 12.3 Å². The summed E-state index contributed by atoms with van der Waals surface area (Å²) < 4.78 is 1.85. The number of fused-ring (bicyclic) bond motifs is 2. The van der Waals surface area contributed by atoms with E-state index in [2.05, 4.69) is 42.4 Å². The first-order chi connectivity index (χ1) is 19.4. The fourth-order valence-electron chi connectivity index (χ4n) is 5.43. The molecule has 0 radical (unpaired) electrons. The largest absolute Gasteiger partial charge is 0.465 e. The number of anilines is 1. The Labute approximate surface area is 231 Å². The number of nitrogens with zero attached hydrogens (tertiary/aromatic N) is 6. The Hall–Kier alpha value is -4.97. The van der Waals surface area contributed by atoms with Gasteiger partial charge in [-0.25, -0.2) is 14.5 Å². The summed E-state index contributed by atoms with van der Waals surface area (Å²) in [6, 6.07) is 20.2. The van der Waals surface area contributed by atoms with Crippen LogP contribution in [0.1, 0.15) is 43.9 Å². The minimum atomic E-state index is -0.893. The molecule has 2 N–H and O–H groups in total. The Morgan fingerprint density at radius 1 is 1.10 bits per heavy atom. The van der Waals surface area contributed by atoms with Crippen molar-refractivity contribution in [2.75, 3.05) is 18.4 Å². The van der Waals surface area contributed by atoms with Gasteiger partial charge in [0.25, 0.3) is 0 Å². The number of benzene rings is 2. The lowest BCUT2D eigenvalue weighted by Gasteiger charge is -2.31. The van der Waals surface area contributed by atoms with Crippen molar-refractivity contribution < 1.29 is 9.90 Å². The number of rotatable bonds is 5. The Balaban J connectivity index is 1.42. The van der Waals surface area contributed by atoms with Crippen molar-refractivity contribution in [3.63, 3.8) is 0 Å². The van der Waals surface area contributed by atoms with Crippen LogP contribution < -0.4 is 5.32 Å². The maximum Gasteiger partial charge on any atom is 0.407 e. The van der Waals surface area contributed by atoms with Crippen LogP contribution in [0.15, 0.2) is 67.0 Å². The molecule has 2 aromatic carbocycles. The normalized spacial score (nSPS) is 14.1. The molecule has 5 aromatic rings. The number of pyridine rings is 2. The van der Waals surface area contributed by atoms with Gasteiger partial charge in [-0.05, 0) is 60.7 Å². The lowest BCUT2D eigenvalue weighted by atomic mass is 9.98. The number of hydrogen-bond donors (Lipinski definition) is 2. The number of carboxylic acid groups (broad SMARTS) is 1. The first-order valence-electron chi connectivity index (χ1n) is 13.4. The lowest BCUT2D eigenvalue weighted by molar-refractivity contribution is 0.134. The summed E-state index contributed by atoms with van der Waals surface area (Å²) in [5.41, 5.74) is 6.67. The summed E-state index contributed by atoms with van der Waals surface area (Å²) in [6.07, 6.45) is 4.16. The number of amides is 1. The summed E-state index contributed by atoms with van der Waals surface area (Å²) in [4.78, 5) is 22.2. The molecule has 3 aromatic heterocycles. The van der Waals surface area contributed by atoms with Crippen LogP contribution in [-0.4, -0.2) is 55.0 Å². The van der Waals surface area contributed by atoms with Gasteiger partial charge >= 0.3 is 6.09 Å². The van der Waals surface area contributed by atoms with Crippen LogP contribution in [0, 0.1) is 11.3 Å². The third-order valence-corrected chi connectivity index (χ3v) is 7.54. The molecule has 1 aliphatic heterocycles. The SMILES string of the molecule is CC(C)c1nn(-c2ccc(C#N)c(NC3CCN(C(=O)O)CC3)c2)c2nccc(-c3cnc4ccccc4c3)c12. The lowest BCUT2D eigenvalue weighted by Crippen LogP contribution is -2.41. The number of hydrogen-bond acceptors (Lipinski definition) is 6. The Bertz CT molecular complexity index is 1780. The molecular formula is C31H29N7O2. The van der Waals surface area contributed by atoms with Crippen LogP contribution >= 0.6 is 0 Å². The maximum absolute atomic E-state index is 11.3. The summed E-state index contributed by atoms with van der Waals surface area (Å²) in [7, 11) is 0. The molecule has 200 valence electrons. The van der Waals surface area contributed by atoms with Crippen LogP contribution in [-0.2, 0) is 0 Å². The number of nitrogens with one attached hydrogen (secondary N) is 1. The molecule has 1 amide bonds. The first kappa shape index (κ1) is 25.3. The minimum absolute atomic E-state index is 0.0728. The fraction of sp³-hybridized carbons (Fsp3) is 0.258. The molecule has 0 aliphatic carbocycles. The van der Waals surface area contributed by atoms with E-state index in [1.807, 2.05) is 47.3 Å². The summed E-state index contributed by atoms with van der Waals surface area (Å²) in [5, 5.41) is 29.6. The van der Waals surface area contributed by atoms with Crippen molar-refractivity contribution >= 4 is 33.7 Å². The van der Waals surface area contributed by atoms with E-state index in [4.69, 9.17) is 10.1 Å². The van der Waals surface area contributed by atoms with Gasteiger partial charge in [0, 0.05) is 42.5 Å². The zero-order chi connectivity index (χ0) is 27.8. The Morgan fingerprint density at radius 3 is 2.65 bits per heavy atom. The number of nitriles is 1. The minimum Gasteiger partial charge on any atom is -0.465 e. The fourth-order valence-corrected chi connectivity index (χ4v) is 5.43. The number of piperidine rings is 1. The second kappa shape index (κ2) is 10.3. The number of carbonyl (C=O) groups is 1. The predicted octanol–water partition coefficient (Wildman–Crippen LogP) is 6.19. The van der Waals surface area contributed by atoms with Crippen LogP contribution in [0.3, 0.4) is 0 Å². The summed E-state index contributed by atoms with van der Waals surface area (Å²) >= 11 is 0. The first-order valence-corrected chi connectivity index (χ1v) is 13.4. The molecule has 0 unspecified atom stereocenters. The van der Waals surface area contributed by atoms with E-state index >= 15 is 0 Å². The van der Waals surface area contributed by atoms with Gasteiger partial charge in [0.1, 0.15) is 6.07 Å². The van der Waals surface area contributed by atoms with Gasteiger partial charge in [-0.15, -0.1) is 0 Å². The molecule has 1 saturated heterocycles. The maximum atomic E-state index is 11.3. The van der Waals surface area contributed by atoms with Gasteiger partial charge in [0.15, 0.2) is 5.65 Å². The molecule has 0 bridgehead atoms.